The molecule has 0 aromatic heterocycles. The molecule has 61 heavy (non-hydrogen) atoms. The average molecular weight is 894 g/mol. The zero-order valence-corrected chi connectivity index (χ0v) is 42.1. The van der Waals surface area contributed by atoms with Gasteiger partial charge in [0.2, 0.25) is 13.5 Å². The molecule has 0 saturated heterocycles. The van der Waals surface area contributed by atoms with Crippen LogP contribution in [-0.2, 0) is 26.2 Å². The summed E-state index contributed by atoms with van der Waals surface area (Å²) < 4.78 is 0. The summed E-state index contributed by atoms with van der Waals surface area (Å²) in [6, 6.07) is 43.7. The predicted octanol–water partition coefficient (Wildman–Crippen LogP) is 14.7. The van der Waals surface area contributed by atoms with E-state index in [4.69, 9.17) is 0 Å². The predicted molar refractivity (Wildman–Crippen MR) is 271 cm³/mol. The summed E-state index contributed by atoms with van der Waals surface area (Å²) in [6.45, 7) is 8.91. The van der Waals surface area contributed by atoms with E-state index in [0.717, 1.165) is 53.1 Å². The maximum atomic E-state index is 3.25. The molecular formula is C56H80B2N2Zr. The van der Waals surface area contributed by atoms with E-state index < -0.39 is 0 Å². The summed E-state index contributed by atoms with van der Waals surface area (Å²) in [5.74, 6) is 7.46. The van der Waals surface area contributed by atoms with Crippen LogP contribution < -0.4 is 0 Å². The third kappa shape index (κ3) is 13.6. The Balaban J connectivity index is 0.000000495. The number of hydrogen-bond donors (Lipinski definition) is 0. The Labute approximate surface area is 396 Å². The van der Waals surface area contributed by atoms with Gasteiger partial charge in [0.1, 0.15) is 0 Å². The molecule has 9 atom stereocenters. The van der Waals surface area contributed by atoms with Crippen LogP contribution in [0.4, 0.5) is 0 Å². The van der Waals surface area contributed by atoms with Crippen molar-refractivity contribution >= 4 is 25.6 Å². The van der Waals surface area contributed by atoms with Crippen molar-refractivity contribution < 1.29 is 26.2 Å². The van der Waals surface area contributed by atoms with E-state index in [9.17, 15) is 0 Å². The normalized spacial score (nSPS) is 26.1. The molecule has 2 nitrogen and oxygen atoms in total. The molecule has 0 bridgehead atoms. The molecule has 4 saturated carbocycles. The molecule has 0 N–H and O–H groups in total. The first-order valence-corrected chi connectivity index (χ1v) is 22.5. The summed E-state index contributed by atoms with van der Waals surface area (Å²) >= 11 is 0. The maximum absolute atomic E-state index is 3.25. The van der Waals surface area contributed by atoms with Gasteiger partial charge < -0.3 is 38.8 Å². The van der Waals surface area contributed by atoms with Crippen LogP contribution in [0.2, 0.25) is 11.6 Å². The second-order valence-electron chi connectivity index (χ2n) is 18.0. The minimum absolute atomic E-state index is 0. The molecule has 0 amide bonds. The standard InChI is InChI=1S/C35H52B2N2.C16H14.C2H5.3CH3.Zr/c1-25-24-33-29(27-16-10-7-11-17-27)19-13-21-32(33)35(25)37(39(4)5)36(38(2)3)34-23-22-30-28(18-12-20-31(30)34)26-14-8-6-9-15-26;1-3-9-15(10-4-1)13-7-8-14-16-11-5-2-6-12-16;1-2;;;;/h6-11,14-17,25,28-35H,12-13,18-24H2,1-5H3;1-14H;1H2,2H3;3*1H3;/q;;4*-1;+4/b;13-7+,14-8+;;;;;. The van der Waals surface area contributed by atoms with Crippen molar-refractivity contribution in [1.29, 1.82) is 0 Å². The van der Waals surface area contributed by atoms with Gasteiger partial charge in [-0.05, 0) is 129 Å². The molecular weight excluding hydrogens is 813 g/mol. The molecule has 324 valence electrons. The Hall–Kier alpha value is -2.71. The SMILES string of the molecule is C(/C=C/c1ccccc1)=C\c1ccccc1.CC1CC2C(c3ccccc3)CCCC2C1B(B(C1CCC2C(c3ccccc3)CCCC12)N(C)C)N(C)C.[CH2-]C.[CH3-].[CH3-].[CH3-].[Zr+4]. The van der Waals surface area contributed by atoms with E-state index in [2.05, 4.69) is 161 Å². The second-order valence-corrected chi connectivity index (χ2v) is 18.0. The van der Waals surface area contributed by atoms with Crippen molar-refractivity contribution in [2.24, 2.45) is 29.6 Å². The van der Waals surface area contributed by atoms with Gasteiger partial charge in [-0.15, -0.1) is 0 Å². The van der Waals surface area contributed by atoms with Crippen molar-refractivity contribution in [3.05, 3.63) is 185 Å². The molecule has 4 aliphatic carbocycles. The minimum Gasteiger partial charge on any atom is -0.358 e. The number of allylic oxidation sites excluding steroid dienone is 2. The zero-order chi connectivity index (χ0) is 40.1. The third-order valence-corrected chi connectivity index (χ3v) is 14.5. The Bertz CT molecular complexity index is 1740. The summed E-state index contributed by atoms with van der Waals surface area (Å²) in [6.07, 6.45) is 21.1. The van der Waals surface area contributed by atoms with Crippen LogP contribution in [-0.4, -0.2) is 51.3 Å². The Morgan fingerprint density at radius 1 is 0.492 bits per heavy atom. The van der Waals surface area contributed by atoms with E-state index in [1.165, 1.54) is 68.9 Å². The smallest absolute Gasteiger partial charge is 0.358 e. The van der Waals surface area contributed by atoms with Crippen LogP contribution in [0, 0.1) is 58.8 Å². The van der Waals surface area contributed by atoms with Gasteiger partial charge in [0.25, 0.3) is 0 Å². The Kier molecular flexibility index (Phi) is 24.5. The van der Waals surface area contributed by atoms with Gasteiger partial charge in [-0.3, -0.25) is 0 Å². The molecule has 4 fully saturated rings. The van der Waals surface area contributed by atoms with Crippen molar-refractivity contribution in [3.8, 4) is 0 Å². The fraction of sp³-hybridized carbons (Fsp3) is 0.429. The maximum Gasteiger partial charge on any atom is 4.00 e. The summed E-state index contributed by atoms with van der Waals surface area (Å²) in [5, 5.41) is 0. The second kappa shape index (κ2) is 27.5. The van der Waals surface area contributed by atoms with Crippen LogP contribution in [0.1, 0.15) is 106 Å². The van der Waals surface area contributed by atoms with Gasteiger partial charge in [-0.2, -0.15) is 6.92 Å². The monoisotopic (exact) mass is 893 g/mol. The van der Waals surface area contributed by atoms with Crippen LogP contribution in [0.5, 0.6) is 0 Å². The van der Waals surface area contributed by atoms with Crippen LogP contribution in [0.15, 0.2) is 133 Å². The molecule has 0 spiro atoms. The fourth-order valence-electron chi connectivity index (χ4n) is 12.5. The fourth-order valence-corrected chi connectivity index (χ4v) is 12.5. The summed E-state index contributed by atoms with van der Waals surface area (Å²) in [7, 11) is 9.66. The van der Waals surface area contributed by atoms with E-state index in [1.54, 1.807) is 18.1 Å². The summed E-state index contributed by atoms with van der Waals surface area (Å²) in [5.41, 5.74) is 5.67. The van der Waals surface area contributed by atoms with Crippen LogP contribution in [0.25, 0.3) is 12.2 Å². The first-order valence-electron chi connectivity index (χ1n) is 22.5. The first kappa shape index (κ1) is 54.4. The van der Waals surface area contributed by atoms with E-state index in [0.29, 0.717) is 13.5 Å². The van der Waals surface area contributed by atoms with Crippen molar-refractivity contribution in [1.82, 2.24) is 9.62 Å². The molecule has 0 aliphatic heterocycles. The molecule has 0 radical (unpaired) electrons. The largest absolute Gasteiger partial charge is 4.00 e. The summed E-state index contributed by atoms with van der Waals surface area (Å²) in [4.78, 5) is 5.37. The quantitative estimate of drug-likeness (QED) is 0.0889. The van der Waals surface area contributed by atoms with E-state index >= 15 is 0 Å². The Morgan fingerprint density at radius 3 is 1.34 bits per heavy atom. The first-order chi connectivity index (χ1) is 27.9. The van der Waals surface area contributed by atoms with Gasteiger partial charge in [0, 0.05) is 0 Å². The number of nitrogens with zero attached hydrogens (tertiary/aromatic N) is 2. The molecule has 4 aromatic carbocycles. The van der Waals surface area contributed by atoms with E-state index in [-0.39, 0.29) is 48.5 Å². The third-order valence-electron chi connectivity index (χ3n) is 14.5. The van der Waals surface area contributed by atoms with Gasteiger partial charge >= 0.3 is 26.2 Å². The zero-order valence-electron chi connectivity index (χ0n) is 39.7. The number of fused-ring (bicyclic) bond motifs is 2. The Morgan fingerprint density at radius 2 is 0.902 bits per heavy atom. The number of rotatable bonds is 10. The van der Waals surface area contributed by atoms with Gasteiger partial charge in [-0.25, -0.2) is 0 Å². The average Bonchev–Trinajstić information content (AvgIpc) is 3.83. The molecule has 0 heterocycles. The number of benzene rings is 4. The minimum atomic E-state index is 0. The molecule has 9 unspecified atom stereocenters. The van der Waals surface area contributed by atoms with Crippen molar-refractivity contribution in [2.45, 2.75) is 95.1 Å². The number of hydrogen-bond acceptors (Lipinski definition) is 2. The van der Waals surface area contributed by atoms with Gasteiger partial charge in [0.05, 0.1) is 0 Å². The van der Waals surface area contributed by atoms with Gasteiger partial charge in [-0.1, -0.05) is 185 Å². The molecule has 5 heteroatoms. The van der Waals surface area contributed by atoms with E-state index in [1.807, 2.05) is 36.4 Å². The van der Waals surface area contributed by atoms with Crippen LogP contribution >= 0.6 is 0 Å². The van der Waals surface area contributed by atoms with Gasteiger partial charge in [0.15, 0.2) is 0 Å². The van der Waals surface area contributed by atoms with Crippen LogP contribution in [0.3, 0.4) is 0 Å². The molecule has 4 aromatic rings. The molecule has 8 rings (SSSR count). The van der Waals surface area contributed by atoms with Crippen molar-refractivity contribution in [3.63, 3.8) is 0 Å². The topological polar surface area (TPSA) is 6.48 Å². The van der Waals surface area contributed by atoms with Crippen molar-refractivity contribution in [2.75, 3.05) is 28.2 Å². The molecule has 4 aliphatic rings.